The van der Waals surface area contributed by atoms with Gasteiger partial charge in [0.2, 0.25) is 0 Å². The van der Waals surface area contributed by atoms with E-state index in [9.17, 15) is 4.79 Å². The van der Waals surface area contributed by atoms with Crippen molar-refractivity contribution in [1.29, 1.82) is 0 Å². The highest BCUT2D eigenvalue weighted by atomic mass is 16.4. The SMILES string of the molecule is CC(=O)O.CC(=O)O.O=C1CCCC1. The summed E-state index contributed by atoms with van der Waals surface area (Å²) in [5.41, 5.74) is 0. The van der Waals surface area contributed by atoms with E-state index in [1.54, 1.807) is 0 Å². The molecule has 5 heteroatoms. The highest BCUT2D eigenvalue weighted by Gasteiger charge is 2.07. The van der Waals surface area contributed by atoms with Crippen LogP contribution in [-0.4, -0.2) is 27.9 Å². The van der Waals surface area contributed by atoms with Gasteiger partial charge in [-0.05, 0) is 12.8 Å². The lowest BCUT2D eigenvalue weighted by Gasteiger charge is -1.71. The molecule has 0 aromatic carbocycles. The van der Waals surface area contributed by atoms with Gasteiger partial charge in [0.15, 0.2) is 0 Å². The van der Waals surface area contributed by atoms with Gasteiger partial charge in [0, 0.05) is 26.7 Å². The van der Waals surface area contributed by atoms with Gasteiger partial charge in [-0.25, -0.2) is 0 Å². The van der Waals surface area contributed by atoms with Crippen molar-refractivity contribution < 1.29 is 24.6 Å². The van der Waals surface area contributed by atoms with E-state index in [2.05, 4.69) is 0 Å². The number of carboxylic acids is 2. The molecule has 0 spiro atoms. The van der Waals surface area contributed by atoms with Crippen LogP contribution in [0.5, 0.6) is 0 Å². The monoisotopic (exact) mass is 204 g/mol. The van der Waals surface area contributed by atoms with Crippen LogP contribution in [0.15, 0.2) is 0 Å². The summed E-state index contributed by atoms with van der Waals surface area (Å²) in [5.74, 6) is -1.21. The average molecular weight is 204 g/mol. The summed E-state index contributed by atoms with van der Waals surface area (Å²) in [6.07, 6.45) is 3.97. The van der Waals surface area contributed by atoms with Crippen LogP contribution in [0.1, 0.15) is 39.5 Å². The maximum atomic E-state index is 10.2. The summed E-state index contributed by atoms with van der Waals surface area (Å²) < 4.78 is 0. The van der Waals surface area contributed by atoms with Gasteiger partial charge in [0.05, 0.1) is 0 Å². The fourth-order valence-corrected chi connectivity index (χ4v) is 0.769. The smallest absolute Gasteiger partial charge is 0.300 e. The zero-order valence-electron chi connectivity index (χ0n) is 8.45. The van der Waals surface area contributed by atoms with Crippen LogP contribution >= 0.6 is 0 Å². The zero-order valence-corrected chi connectivity index (χ0v) is 8.45. The third-order valence-corrected chi connectivity index (χ3v) is 1.16. The van der Waals surface area contributed by atoms with Crippen LogP contribution in [0, 0.1) is 0 Å². The minimum Gasteiger partial charge on any atom is -0.481 e. The molecule has 0 saturated heterocycles. The van der Waals surface area contributed by atoms with Crippen molar-refractivity contribution in [2.24, 2.45) is 0 Å². The van der Waals surface area contributed by atoms with Crippen LogP contribution < -0.4 is 0 Å². The number of hydrogen-bond donors (Lipinski definition) is 2. The standard InChI is InChI=1S/C5H8O.2C2H4O2/c6-5-3-1-2-4-5;2*1-2(3)4/h1-4H2;2*1H3,(H,3,4). The molecule has 0 aromatic rings. The molecule has 0 atom stereocenters. The van der Waals surface area contributed by atoms with Gasteiger partial charge in [0.1, 0.15) is 5.78 Å². The largest absolute Gasteiger partial charge is 0.481 e. The summed E-state index contributed by atoms with van der Waals surface area (Å²) >= 11 is 0. The Morgan fingerprint density at radius 2 is 1.21 bits per heavy atom. The molecule has 5 nitrogen and oxygen atoms in total. The van der Waals surface area contributed by atoms with Gasteiger partial charge >= 0.3 is 0 Å². The number of hydrogen-bond acceptors (Lipinski definition) is 3. The number of carboxylic acid groups (broad SMARTS) is 2. The second-order valence-electron chi connectivity index (χ2n) is 2.78. The van der Waals surface area contributed by atoms with E-state index in [1.165, 1.54) is 0 Å². The quantitative estimate of drug-likeness (QED) is 0.620. The Bertz CT molecular complexity index is 169. The van der Waals surface area contributed by atoms with Gasteiger partial charge in [0.25, 0.3) is 11.9 Å². The maximum absolute atomic E-state index is 10.2. The van der Waals surface area contributed by atoms with Crippen molar-refractivity contribution in [3.63, 3.8) is 0 Å². The summed E-state index contributed by atoms with van der Waals surface area (Å²) in [6.45, 7) is 2.17. The van der Waals surface area contributed by atoms with Crippen molar-refractivity contribution in [3.05, 3.63) is 0 Å². The number of carbonyl (C=O) groups is 3. The first-order valence-corrected chi connectivity index (χ1v) is 4.27. The van der Waals surface area contributed by atoms with E-state index in [0.29, 0.717) is 5.78 Å². The predicted octanol–water partition coefficient (Wildman–Crippen LogP) is 1.31. The average Bonchev–Trinajstić information content (AvgIpc) is 2.36. The van der Waals surface area contributed by atoms with Crippen molar-refractivity contribution in [3.8, 4) is 0 Å². The molecule has 1 saturated carbocycles. The molecular formula is C9H16O5. The second-order valence-corrected chi connectivity index (χ2v) is 2.78. The fourth-order valence-electron chi connectivity index (χ4n) is 0.769. The van der Waals surface area contributed by atoms with Crippen LogP contribution in [-0.2, 0) is 14.4 Å². The number of rotatable bonds is 0. The molecule has 0 radical (unpaired) electrons. The Kier molecular flexibility index (Phi) is 10.5. The predicted molar refractivity (Wildman–Crippen MR) is 50.1 cm³/mol. The van der Waals surface area contributed by atoms with E-state index in [0.717, 1.165) is 39.5 Å². The van der Waals surface area contributed by atoms with Crippen LogP contribution in [0.2, 0.25) is 0 Å². The van der Waals surface area contributed by atoms with Gasteiger partial charge in [-0.2, -0.15) is 0 Å². The molecule has 82 valence electrons. The normalized spacial score (nSPS) is 13.1. The summed E-state index contributed by atoms with van der Waals surface area (Å²) in [4.78, 5) is 28.2. The highest BCUT2D eigenvalue weighted by Crippen LogP contribution is 2.11. The lowest BCUT2D eigenvalue weighted by atomic mass is 10.4. The summed E-state index contributed by atoms with van der Waals surface area (Å²) in [7, 11) is 0. The number of ketones is 1. The molecule has 0 amide bonds. The van der Waals surface area contributed by atoms with Crippen molar-refractivity contribution >= 4 is 17.7 Å². The Labute approximate surface area is 82.7 Å². The first-order chi connectivity index (χ1) is 6.36. The molecule has 0 bridgehead atoms. The molecule has 2 N–H and O–H groups in total. The molecule has 0 aromatic heterocycles. The first kappa shape index (κ1) is 15.1. The molecule has 14 heavy (non-hydrogen) atoms. The highest BCUT2D eigenvalue weighted by molar-refractivity contribution is 5.80. The maximum Gasteiger partial charge on any atom is 0.300 e. The van der Waals surface area contributed by atoms with E-state index in [-0.39, 0.29) is 0 Å². The fraction of sp³-hybridized carbons (Fsp3) is 0.667. The Hall–Kier alpha value is -1.39. The Balaban J connectivity index is 0. The van der Waals surface area contributed by atoms with E-state index < -0.39 is 11.9 Å². The minimum absolute atomic E-state index is 0.454. The molecule has 0 aliphatic heterocycles. The minimum atomic E-state index is -0.833. The molecule has 1 fully saturated rings. The molecule has 0 heterocycles. The third kappa shape index (κ3) is 31.1. The number of Topliss-reactive ketones (excluding diaryl/α,β-unsaturated/α-hetero) is 1. The Morgan fingerprint density at radius 3 is 1.29 bits per heavy atom. The molecule has 1 aliphatic carbocycles. The second kappa shape index (κ2) is 9.70. The van der Waals surface area contributed by atoms with E-state index >= 15 is 0 Å². The van der Waals surface area contributed by atoms with Crippen LogP contribution in [0.25, 0.3) is 0 Å². The van der Waals surface area contributed by atoms with Crippen molar-refractivity contribution in [2.75, 3.05) is 0 Å². The number of aliphatic carboxylic acids is 2. The lowest BCUT2D eigenvalue weighted by Crippen LogP contribution is -1.81. The molecule has 0 unspecified atom stereocenters. The number of carbonyl (C=O) groups excluding carboxylic acids is 1. The van der Waals surface area contributed by atoms with Gasteiger partial charge < -0.3 is 10.2 Å². The summed E-state index contributed by atoms with van der Waals surface area (Å²) in [6, 6.07) is 0. The zero-order chi connectivity index (χ0) is 11.6. The van der Waals surface area contributed by atoms with E-state index in [1.807, 2.05) is 0 Å². The summed E-state index contributed by atoms with van der Waals surface area (Å²) in [5, 5.41) is 14.8. The van der Waals surface area contributed by atoms with Crippen LogP contribution in [0.3, 0.4) is 0 Å². The van der Waals surface area contributed by atoms with Gasteiger partial charge in [-0.3, -0.25) is 14.4 Å². The lowest BCUT2D eigenvalue weighted by molar-refractivity contribution is -0.135. The van der Waals surface area contributed by atoms with Crippen LogP contribution in [0.4, 0.5) is 0 Å². The third-order valence-electron chi connectivity index (χ3n) is 1.16. The topological polar surface area (TPSA) is 91.7 Å². The molecular weight excluding hydrogens is 188 g/mol. The molecule has 1 rings (SSSR count). The first-order valence-electron chi connectivity index (χ1n) is 4.27. The van der Waals surface area contributed by atoms with Crippen molar-refractivity contribution in [1.82, 2.24) is 0 Å². The van der Waals surface area contributed by atoms with Gasteiger partial charge in [-0.15, -0.1) is 0 Å². The van der Waals surface area contributed by atoms with Gasteiger partial charge in [-0.1, -0.05) is 0 Å². The van der Waals surface area contributed by atoms with Crippen molar-refractivity contribution in [2.45, 2.75) is 39.5 Å². The van der Waals surface area contributed by atoms with E-state index in [4.69, 9.17) is 19.8 Å². The molecule has 1 aliphatic rings. The Morgan fingerprint density at radius 1 is 1.00 bits per heavy atom.